The van der Waals surface area contributed by atoms with Crippen LogP contribution in [0, 0.1) is 0 Å². The van der Waals surface area contributed by atoms with Gasteiger partial charge < -0.3 is 10.2 Å². The van der Waals surface area contributed by atoms with Crippen LogP contribution in [0.2, 0.25) is 0 Å². The fraction of sp³-hybridized carbons (Fsp3) is 0.500. The van der Waals surface area contributed by atoms with Gasteiger partial charge in [-0.15, -0.1) is 11.3 Å². The summed E-state index contributed by atoms with van der Waals surface area (Å²) in [5.74, 6) is 0. The first-order chi connectivity index (χ1) is 6.65. The van der Waals surface area contributed by atoms with Crippen LogP contribution in [0.4, 0.5) is 0 Å². The maximum absolute atomic E-state index is 5.25. The van der Waals surface area contributed by atoms with E-state index in [1.807, 2.05) is 7.05 Å². The number of hydrogen-bond acceptors (Lipinski definition) is 2. The van der Waals surface area contributed by atoms with E-state index in [9.17, 15) is 0 Å². The van der Waals surface area contributed by atoms with Gasteiger partial charge in [-0.05, 0) is 37.5 Å². The van der Waals surface area contributed by atoms with E-state index in [4.69, 9.17) is 12.2 Å². The highest BCUT2D eigenvalue weighted by atomic mass is 32.1. The summed E-state index contributed by atoms with van der Waals surface area (Å²) in [7, 11) is 1.87. The summed E-state index contributed by atoms with van der Waals surface area (Å²) in [6.07, 6.45) is 0. The van der Waals surface area contributed by atoms with Gasteiger partial charge in [-0.2, -0.15) is 0 Å². The lowest BCUT2D eigenvalue weighted by Gasteiger charge is -2.28. The molecule has 1 aromatic heterocycles. The molecule has 4 heteroatoms. The van der Waals surface area contributed by atoms with Crippen molar-refractivity contribution < 1.29 is 0 Å². The summed E-state index contributed by atoms with van der Waals surface area (Å²) in [6, 6.07) is 4.64. The molecule has 1 aromatic rings. The van der Waals surface area contributed by atoms with Crippen molar-refractivity contribution in [2.45, 2.75) is 26.4 Å². The number of thiocarbonyl (C=S) groups is 1. The molecule has 0 saturated carbocycles. The minimum Gasteiger partial charge on any atom is -0.366 e. The minimum absolute atomic E-state index is 0.428. The fourth-order valence-electron chi connectivity index (χ4n) is 1.20. The third-order valence-electron chi connectivity index (χ3n) is 2.00. The standard InChI is InChI=1S/C10H16N2S2/c1-8(2)12(10(13)11-3)7-9-5-4-6-14-9/h4-6,8H,7H2,1-3H3,(H,11,13). The smallest absolute Gasteiger partial charge is 0.169 e. The lowest BCUT2D eigenvalue weighted by molar-refractivity contribution is 0.342. The lowest BCUT2D eigenvalue weighted by atomic mass is 10.3. The second-order valence-corrected chi connectivity index (χ2v) is 4.78. The molecule has 0 aliphatic carbocycles. The Kier molecular flexibility index (Phi) is 4.35. The Morgan fingerprint density at radius 1 is 1.64 bits per heavy atom. The molecule has 0 fully saturated rings. The van der Waals surface area contributed by atoms with Crippen molar-refractivity contribution in [3.63, 3.8) is 0 Å². The zero-order valence-electron chi connectivity index (χ0n) is 8.78. The minimum atomic E-state index is 0.428. The second kappa shape index (κ2) is 5.32. The molecular formula is C10H16N2S2. The maximum Gasteiger partial charge on any atom is 0.169 e. The van der Waals surface area contributed by atoms with E-state index in [1.165, 1.54) is 4.88 Å². The second-order valence-electron chi connectivity index (χ2n) is 3.36. The summed E-state index contributed by atoms with van der Waals surface area (Å²) in [5, 5.41) is 5.93. The third-order valence-corrected chi connectivity index (χ3v) is 3.30. The topological polar surface area (TPSA) is 15.3 Å². The van der Waals surface area contributed by atoms with Crippen molar-refractivity contribution in [2.75, 3.05) is 7.05 Å². The van der Waals surface area contributed by atoms with Gasteiger partial charge in [0.2, 0.25) is 0 Å². The average Bonchev–Trinajstić information content (AvgIpc) is 2.65. The van der Waals surface area contributed by atoms with Gasteiger partial charge in [0, 0.05) is 18.0 Å². The largest absolute Gasteiger partial charge is 0.366 e. The van der Waals surface area contributed by atoms with Gasteiger partial charge in [-0.1, -0.05) is 6.07 Å². The van der Waals surface area contributed by atoms with Crippen LogP contribution in [-0.4, -0.2) is 23.1 Å². The Labute approximate surface area is 94.9 Å². The highest BCUT2D eigenvalue weighted by Crippen LogP contribution is 2.13. The van der Waals surface area contributed by atoms with Crippen LogP contribution < -0.4 is 5.32 Å². The quantitative estimate of drug-likeness (QED) is 0.800. The van der Waals surface area contributed by atoms with Crippen LogP contribution >= 0.6 is 23.6 Å². The van der Waals surface area contributed by atoms with E-state index >= 15 is 0 Å². The van der Waals surface area contributed by atoms with Gasteiger partial charge >= 0.3 is 0 Å². The zero-order chi connectivity index (χ0) is 10.6. The van der Waals surface area contributed by atoms with Gasteiger partial charge in [0.15, 0.2) is 5.11 Å². The molecule has 0 bridgehead atoms. The molecule has 0 spiro atoms. The Morgan fingerprint density at radius 3 is 2.79 bits per heavy atom. The molecular weight excluding hydrogens is 212 g/mol. The van der Waals surface area contributed by atoms with Crippen molar-refractivity contribution >= 4 is 28.7 Å². The summed E-state index contributed by atoms with van der Waals surface area (Å²) in [5.41, 5.74) is 0. The third kappa shape index (κ3) is 2.96. The van der Waals surface area contributed by atoms with Crippen LogP contribution in [0.1, 0.15) is 18.7 Å². The highest BCUT2D eigenvalue weighted by molar-refractivity contribution is 7.80. The van der Waals surface area contributed by atoms with Gasteiger partial charge in [-0.3, -0.25) is 0 Å². The Balaban J connectivity index is 2.65. The molecule has 0 radical (unpaired) electrons. The van der Waals surface area contributed by atoms with E-state index in [-0.39, 0.29) is 0 Å². The lowest BCUT2D eigenvalue weighted by Crippen LogP contribution is -2.41. The summed E-state index contributed by atoms with van der Waals surface area (Å²) >= 11 is 7.01. The van der Waals surface area contributed by atoms with Gasteiger partial charge in [0.05, 0.1) is 6.54 Å². The van der Waals surface area contributed by atoms with Crippen molar-refractivity contribution in [2.24, 2.45) is 0 Å². The molecule has 0 aliphatic rings. The number of nitrogens with one attached hydrogen (secondary N) is 1. The molecule has 0 atom stereocenters. The molecule has 0 amide bonds. The predicted octanol–water partition coefficient (Wildman–Crippen LogP) is 2.46. The van der Waals surface area contributed by atoms with E-state index in [0.29, 0.717) is 6.04 Å². The number of rotatable bonds is 3. The van der Waals surface area contributed by atoms with Crippen molar-refractivity contribution in [1.82, 2.24) is 10.2 Å². The van der Waals surface area contributed by atoms with E-state index in [2.05, 4.69) is 41.6 Å². The molecule has 0 saturated heterocycles. The van der Waals surface area contributed by atoms with Crippen LogP contribution in [0.3, 0.4) is 0 Å². The Hall–Kier alpha value is -0.610. The number of thiophene rings is 1. The van der Waals surface area contributed by atoms with Crippen LogP contribution in [0.5, 0.6) is 0 Å². The van der Waals surface area contributed by atoms with Gasteiger partial charge in [0.25, 0.3) is 0 Å². The van der Waals surface area contributed by atoms with E-state index in [1.54, 1.807) is 11.3 Å². The fourth-order valence-corrected chi connectivity index (χ4v) is 2.18. The van der Waals surface area contributed by atoms with E-state index < -0.39 is 0 Å². The predicted molar refractivity (Wildman–Crippen MR) is 66.7 cm³/mol. The molecule has 0 aromatic carbocycles. The van der Waals surface area contributed by atoms with Crippen molar-refractivity contribution in [3.8, 4) is 0 Å². The van der Waals surface area contributed by atoms with E-state index in [0.717, 1.165) is 11.7 Å². The summed E-state index contributed by atoms with van der Waals surface area (Å²) < 4.78 is 0. The monoisotopic (exact) mass is 228 g/mol. The first-order valence-electron chi connectivity index (χ1n) is 4.66. The number of hydrogen-bond donors (Lipinski definition) is 1. The Morgan fingerprint density at radius 2 is 2.36 bits per heavy atom. The Bertz CT molecular complexity index is 280. The van der Waals surface area contributed by atoms with Gasteiger partial charge in [0.1, 0.15) is 0 Å². The SMILES string of the molecule is CNC(=S)N(Cc1cccs1)C(C)C. The average molecular weight is 228 g/mol. The first kappa shape index (κ1) is 11.5. The van der Waals surface area contributed by atoms with Crippen molar-refractivity contribution in [3.05, 3.63) is 22.4 Å². The highest BCUT2D eigenvalue weighted by Gasteiger charge is 2.12. The molecule has 14 heavy (non-hydrogen) atoms. The summed E-state index contributed by atoms with van der Waals surface area (Å²) in [6.45, 7) is 5.20. The normalized spacial score (nSPS) is 10.3. The molecule has 0 aliphatic heterocycles. The van der Waals surface area contributed by atoms with Gasteiger partial charge in [-0.25, -0.2) is 0 Å². The maximum atomic E-state index is 5.25. The van der Waals surface area contributed by atoms with Crippen LogP contribution in [0.25, 0.3) is 0 Å². The number of nitrogens with zero attached hydrogens (tertiary/aromatic N) is 1. The molecule has 2 nitrogen and oxygen atoms in total. The van der Waals surface area contributed by atoms with Crippen molar-refractivity contribution in [1.29, 1.82) is 0 Å². The van der Waals surface area contributed by atoms with Crippen LogP contribution in [-0.2, 0) is 6.54 Å². The molecule has 1 N–H and O–H groups in total. The first-order valence-corrected chi connectivity index (χ1v) is 5.94. The molecule has 1 rings (SSSR count). The molecule has 1 heterocycles. The zero-order valence-corrected chi connectivity index (χ0v) is 10.4. The summed E-state index contributed by atoms with van der Waals surface area (Å²) in [4.78, 5) is 3.53. The molecule has 0 unspecified atom stereocenters. The molecule has 78 valence electrons. The van der Waals surface area contributed by atoms with Crippen LogP contribution in [0.15, 0.2) is 17.5 Å².